The summed E-state index contributed by atoms with van der Waals surface area (Å²) in [4.78, 5) is 27.8. The molecule has 0 radical (unpaired) electrons. The molecule has 104 valence electrons. The quantitative estimate of drug-likeness (QED) is 0.851. The third-order valence-corrected chi connectivity index (χ3v) is 3.37. The summed E-state index contributed by atoms with van der Waals surface area (Å²) in [5.74, 6) is -0.330. The highest BCUT2D eigenvalue weighted by Gasteiger charge is 2.25. The van der Waals surface area contributed by atoms with E-state index in [9.17, 15) is 9.59 Å². The minimum atomic E-state index is -0.242. The van der Waals surface area contributed by atoms with Crippen molar-refractivity contribution in [1.82, 2.24) is 0 Å². The van der Waals surface area contributed by atoms with Crippen LogP contribution in [0.4, 0.5) is 5.69 Å². The summed E-state index contributed by atoms with van der Waals surface area (Å²) in [7, 11) is 0. The number of aliphatic imine (C=N–C) groups is 1. The Morgan fingerprint density at radius 2 is 2.10 bits per heavy atom. The second-order valence-electron chi connectivity index (χ2n) is 4.67. The van der Waals surface area contributed by atoms with E-state index in [1.165, 1.54) is 6.92 Å². The molecule has 0 saturated heterocycles. The van der Waals surface area contributed by atoms with Crippen molar-refractivity contribution in [2.75, 3.05) is 0 Å². The third kappa shape index (κ3) is 3.14. The molecule has 2 rings (SSSR count). The molecule has 20 heavy (non-hydrogen) atoms. The number of benzene rings is 1. The lowest BCUT2D eigenvalue weighted by molar-refractivity contribution is -0.113. The van der Waals surface area contributed by atoms with Crippen molar-refractivity contribution in [1.29, 1.82) is 0 Å². The highest BCUT2D eigenvalue weighted by atomic mass is 35.5. The number of carbonyl (C=O) groups is 2. The molecule has 0 heterocycles. The number of allylic oxidation sites excluding steroid dienone is 2. The van der Waals surface area contributed by atoms with Gasteiger partial charge in [-0.1, -0.05) is 17.7 Å². The number of nitrogens with two attached hydrogens (primary N) is 1. The number of nitrogens with zero attached hydrogens (tertiary/aromatic N) is 1. The van der Waals surface area contributed by atoms with Crippen molar-refractivity contribution >= 4 is 34.6 Å². The largest absolute Gasteiger partial charge is 0.396 e. The fourth-order valence-corrected chi connectivity index (χ4v) is 2.29. The monoisotopic (exact) mass is 290 g/mol. The van der Waals surface area contributed by atoms with Gasteiger partial charge in [-0.3, -0.25) is 9.59 Å². The first-order chi connectivity index (χ1) is 9.49. The van der Waals surface area contributed by atoms with Crippen molar-refractivity contribution in [2.45, 2.75) is 26.2 Å². The van der Waals surface area contributed by atoms with Gasteiger partial charge in [0.05, 0.1) is 11.4 Å². The predicted molar refractivity (Wildman–Crippen MR) is 79.3 cm³/mol. The van der Waals surface area contributed by atoms with E-state index in [0.717, 1.165) is 0 Å². The fourth-order valence-electron chi connectivity index (χ4n) is 2.11. The maximum atomic E-state index is 12.1. The van der Waals surface area contributed by atoms with Crippen molar-refractivity contribution in [3.8, 4) is 0 Å². The Morgan fingerprint density at radius 3 is 2.75 bits per heavy atom. The summed E-state index contributed by atoms with van der Waals surface area (Å²) in [6.07, 6.45) is 1.71. The minimum absolute atomic E-state index is 0.0876. The number of rotatable bonds is 2. The molecule has 0 spiro atoms. The standard InChI is InChI=1S/C15H15ClN2O2/c1-9(19)14(17)12-6-3-7-13(20)15(12)18-11-5-2-4-10(16)8-11/h2,4-5,8H,3,6-7,17H2,1H3/b14-12-,18-15?. The molecule has 1 fully saturated rings. The van der Waals surface area contributed by atoms with Gasteiger partial charge in [-0.2, -0.15) is 0 Å². The van der Waals surface area contributed by atoms with E-state index in [0.29, 0.717) is 35.5 Å². The number of halogens is 1. The fraction of sp³-hybridized carbons (Fsp3) is 0.267. The maximum Gasteiger partial charge on any atom is 0.181 e. The summed E-state index contributed by atoms with van der Waals surface area (Å²) < 4.78 is 0. The average Bonchev–Trinajstić information content (AvgIpc) is 2.40. The number of carbonyl (C=O) groups excluding carboxylic acids is 2. The highest BCUT2D eigenvalue weighted by molar-refractivity contribution is 6.48. The summed E-state index contributed by atoms with van der Waals surface area (Å²) >= 11 is 5.90. The van der Waals surface area contributed by atoms with E-state index in [1.807, 2.05) is 0 Å². The smallest absolute Gasteiger partial charge is 0.181 e. The van der Waals surface area contributed by atoms with Crippen LogP contribution in [0.25, 0.3) is 0 Å². The topological polar surface area (TPSA) is 72.5 Å². The average molecular weight is 291 g/mol. The normalized spacial score (nSPS) is 20.1. The van der Waals surface area contributed by atoms with Gasteiger partial charge < -0.3 is 5.73 Å². The van der Waals surface area contributed by atoms with Crippen LogP contribution in [0.2, 0.25) is 5.02 Å². The zero-order valence-corrected chi connectivity index (χ0v) is 11.9. The molecule has 0 unspecified atom stereocenters. The minimum Gasteiger partial charge on any atom is -0.396 e. The molecule has 1 aromatic rings. The molecule has 2 N–H and O–H groups in total. The number of hydrogen-bond donors (Lipinski definition) is 1. The molecule has 1 saturated carbocycles. The maximum absolute atomic E-state index is 12.1. The number of ketones is 2. The van der Waals surface area contributed by atoms with Gasteiger partial charge in [0.2, 0.25) is 0 Å². The van der Waals surface area contributed by atoms with Crippen molar-refractivity contribution in [2.24, 2.45) is 10.7 Å². The van der Waals surface area contributed by atoms with Gasteiger partial charge in [-0.25, -0.2) is 4.99 Å². The Labute approximate surface area is 122 Å². The molecule has 0 bridgehead atoms. The summed E-state index contributed by atoms with van der Waals surface area (Å²) in [6, 6.07) is 6.90. The zero-order valence-electron chi connectivity index (χ0n) is 11.1. The molecular weight excluding hydrogens is 276 g/mol. The molecule has 1 aliphatic carbocycles. The predicted octanol–water partition coefficient (Wildman–Crippen LogP) is 2.97. The molecule has 0 atom stereocenters. The Bertz CT molecular complexity index is 633. The molecule has 0 amide bonds. The first kappa shape index (κ1) is 14.5. The molecule has 1 aliphatic rings. The van der Waals surface area contributed by atoms with Crippen LogP contribution < -0.4 is 5.73 Å². The lowest BCUT2D eigenvalue weighted by atomic mass is 9.89. The van der Waals surface area contributed by atoms with Crippen LogP contribution in [0.3, 0.4) is 0 Å². The van der Waals surface area contributed by atoms with Gasteiger partial charge in [0, 0.05) is 23.9 Å². The first-order valence-electron chi connectivity index (χ1n) is 6.36. The Balaban J connectivity index is 2.51. The van der Waals surface area contributed by atoms with Crippen LogP contribution >= 0.6 is 11.6 Å². The summed E-state index contributed by atoms with van der Waals surface area (Å²) in [5, 5.41) is 0.542. The third-order valence-electron chi connectivity index (χ3n) is 3.13. The lowest BCUT2D eigenvalue weighted by Crippen LogP contribution is -2.26. The summed E-state index contributed by atoms with van der Waals surface area (Å²) in [5.41, 5.74) is 7.34. The van der Waals surface area contributed by atoms with Crippen molar-refractivity contribution in [3.05, 3.63) is 40.6 Å². The SMILES string of the molecule is CC(=O)/C(N)=C1\CCCC(=O)C1=Nc1cccc(Cl)c1. The summed E-state index contributed by atoms with van der Waals surface area (Å²) in [6.45, 7) is 1.39. The Kier molecular flexibility index (Phi) is 4.35. The van der Waals surface area contributed by atoms with Gasteiger partial charge >= 0.3 is 0 Å². The second-order valence-corrected chi connectivity index (χ2v) is 5.10. The van der Waals surface area contributed by atoms with Crippen molar-refractivity contribution < 1.29 is 9.59 Å². The van der Waals surface area contributed by atoms with Crippen LogP contribution in [-0.2, 0) is 9.59 Å². The van der Waals surface area contributed by atoms with E-state index >= 15 is 0 Å². The van der Waals surface area contributed by atoms with Gasteiger partial charge in [-0.15, -0.1) is 0 Å². The van der Waals surface area contributed by atoms with Crippen LogP contribution in [0.1, 0.15) is 26.2 Å². The number of Topliss-reactive ketones (excluding diaryl/α,β-unsaturated/α-hetero) is 2. The molecule has 1 aromatic carbocycles. The Hall–Kier alpha value is -1.94. The lowest BCUT2D eigenvalue weighted by Gasteiger charge is -2.17. The molecule has 4 nitrogen and oxygen atoms in total. The second kappa shape index (κ2) is 6.01. The van der Waals surface area contributed by atoms with Gasteiger partial charge in [0.15, 0.2) is 11.6 Å². The van der Waals surface area contributed by atoms with Crippen LogP contribution in [0.5, 0.6) is 0 Å². The van der Waals surface area contributed by atoms with E-state index < -0.39 is 0 Å². The van der Waals surface area contributed by atoms with Gasteiger partial charge in [0.1, 0.15) is 5.71 Å². The van der Waals surface area contributed by atoms with Gasteiger partial charge in [0.25, 0.3) is 0 Å². The van der Waals surface area contributed by atoms with E-state index in [1.54, 1.807) is 24.3 Å². The molecule has 0 aliphatic heterocycles. The van der Waals surface area contributed by atoms with E-state index in [4.69, 9.17) is 17.3 Å². The van der Waals surface area contributed by atoms with Crippen molar-refractivity contribution in [3.63, 3.8) is 0 Å². The van der Waals surface area contributed by atoms with Crippen LogP contribution in [-0.4, -0.2) is 17.3 Å². The molecular formula is C15H15ClN2O2. The Morgan fingerprint density at radius 1 is 1.35 bits per heavy atom. The first-order valence-corrected chi connectivity index (χ1v) is 6.74. The number of hydrogen-bond acceptors (Lipinski definition) is 4. The van der Waals surface area contributed by atoms with E-state index in [2.05, 4.69) is 4.99 Å². The van der Waals surface area contributed by atoms with Gasteiger partial charge in [-0.05, 0) is 31.0 Å². The molecule has 5 heteroatoms. The highest BCUT2D eigenvalue weighted by Crippen LogP contribution is 2.25. The van der Waals surface area contributed by atoms with E-state index in [-0.39, 0.29) is 23.0 Å². The molecule has 0 aromatic heterocycles. The van der Waals surface area contributed by atoms with Crippen LogP contribution in [0, 0.1) is 0 Å². The van der Waals surface area contributed by atoms with Crippen LogP contribution in [0.15, 0.2) is 40.5 Å². The zero-order chi connectivity index (χ0) is 14.7.